The summed E-state index contributed by atoms with van der Waals surface area (Å²) in [5.41, 5.74) is 4.45. The first-order chi connectivity index (χ1) is 20.8. The zero-order chi connectivity index (χ0) is 30.7. The van der Waals surface area contributed by atoms with Gasteiger partial charge in [-0.15, -0.1) is 0 Å². The average Bonchev–Trinajstić information content (AvgIpc) is 3.01. The Labute approximate surface area is 251 Å². The van der Waals surface area contributed by atoms with Crippen LogP contribution in [0.15, 0.2) is 83.2 Å². The molecule has 0 saturated carbocycles. The molecule has 2 aliphatic rings. The lowest BCUT2D eigenvalue weighted by Crippen LogP contribution is -2.37. The van der Waals surface area contributed by atoms with Gasteiger partial charge in [-0.05, 0) is 73.7 Å². The minimum absolute atomic E-state index is 0.0158. The number of hydrogen-bond acceptors (Lipinski definition) is 8. The van der Waals surface area contributed by atoms with Crippen LogP contribution in [0.25, 0.3) is 0 Å². The molecule has 1 aliphatic heterocycles. The molecule has 0 spiro atoms. The fourth-order valence-corrected chi connectivity index (χ4v) is 5.93. The molecule has 0 bridgehead atoms. The summed E-state index contributed by atoms with van der Waals surface area (Å²) in [6.07, 6.45) is 0.811. The molecule has 1 amide bonds. The first-order valence-electron chi connectivity index (χ1n) is 14.2. The lowest BCUT2D eigenvalue weighted by atomic mass is 9.71. The number of rotatable bonds is 9. The highest BCUT2D eigenvalue weighted by molar-refractivity contribution is 6.10. The number of hydrogen-bond donors (Lipinski definition) is 3. The van der Waals surface area contributed by atoms with Gasteiger partial charge in [0, 0.05) is 34.9 Å². The highest BCUT2D eigenvalue weighted by Crippen LogP contribution is 2.47. The zero-order valence-electron chi connectivity index (χ0n) is 24.9. The summed E-state index contributed by atoms with van der Waals surface area (Å²) in [6, 6.07) is 17.8. The molecule has 5 rings (SSSR count). The van der Waals surface area contributed by atoms with E-state index in [1.807, 2.05) is 44.2 Å². The molecular formula is C34H36N2O7. The fraction of sp³-hybridized carbons (Fsp3) is 0.294. The number of nitrogens with one attached hydrogen (secondary N) is 2. The van der Waals surface area contributed by atoms with E-state index in [1.165, 1.54) is 6.07 Å². The van der Waals surface area contributed by atoms with Gasteiger partial charge in [-0.1, -0.05) is 24.3 Å². The average molecular weight is 585 g/mol. The van der Waals surface area contributed by atoms with Crippen molar-refractivity contribution in [3.63, 3.8) is 0 Å². The lowest BCUT2D eigenvalue weighted by Gasteiger charge is -2.37. The molecule has 224 valence electrons. The molecule has 1 aliphatic carbocycles. The van der Waals surface area contributed by atoms with Gasteiger partial charge in [0.05, 0.1) is 33.6 Å². The van der Waals surface area contributed by atoms with E-state index in [-0.39, 0.29) is 35.5 Å². The maximum atomic E-state index is 14.1. The van der Waals surface area contributed by atoms with E-state index >= 15 is 0 Å². The molecule has 0 unspecified atom stereocenters. The van der Waals surface area contributed by atoms with E-state index in [1.54, 1.807) is 45.6 Å². The second kappa shape index (κ2) is 12.5. The predicted molar refractivity (Wildman–Crippen MR) is 163 cm³/mol. The van der Waals surface area contributed by atoms with Crippen molar-refractivity contribution in [2.24, 2.45) is 0 Å². The zero-order valence-corrected chi connectivity index (χ0v) is 24.9. The van der Waals surface area contributed by atoms with Crippen molar-refractivity contribution in [2.45, 2.75) is 38.5 Å². The summed E-state index contributed by atoms with van der Waals surface area (Å²) in [5.74, 6) is 0.772. The third kappa shape index (κ3) is 5.75. The largest absolute Gasteiger partial charge is 0.504 e. The molecule has 0 fully saturated rings. The number of Topliss-reactive ketones (excluding diaryl/α,β-unsaturated/α-hetero) is 1. The highest BCUT2D eigenvalue weighted by Gasteiger charge is 2.41. The van der Waals surface area contributed by atoms with E-state index < -0.39 is 5.92 Å². The number of methoxy groups -OCH3 is 3. The number of aromatic hydroxyl groups is 1. The van der Waals surface area contributed by atoms with Gasteiger partial charge < -0.3 is 34.7 Å². The van der Waals surface area contributed by atoms with Crippen LogP contribution in [-0.2, 0) is 9.59 Å². The van der Waals surface area contributed by atoms with Crippen LogP contribution < -0.4 is 29.6 Å². The van der Waals surface area contributed by atoms with Gasteiger partial charge in [-0.25, -0.2) is 0 Å². The number of phenolic OH excluding ortho intramolecular Hbond substituents is 1. The van der Waals surface area contributed by atoms with Gasteiger partial charge in [-0.2, -0.15) is 0 Å². The SMILES string of the molecule is CCOc1cc([C@H]2C(C(=O)Nc3ccccc3OC)=C(C)NC3=C2C(=O)C[C@H](c2ccc(OC)c(OC)c2)C3)ccc1O. The molecule has 0 radical (unpaired) electrons. The summed E-state index contributed by atoms with van der Waals surface area (Å²) in [7, 11) is 4.71. The number of para-hydroxylation sites is 2. The van der Waals surface area contributed by atoms with Crippen LogP contribution in [0.4, 0.5) is 5.69 Å². The van der Waals surface area contributed by atoms with Crippen molar-refractivity contribution >= 4 is 17.4 Å². The van der Waals surface area contributed by atoms with Gasteiger partial charge in [0.2, 0.25) is 0 Å². The van der Waals surface area contributed by atoms with Crippen LogP contribution in [0.2, 0.25) is 0 Å². The standard InChI is InChI=1S/C34H36N2O7/c1-6-43-29-18-21(11-13-25(29)37)32-31(34(39)36-23-9-7-8-10-27(23)40-3)19(2)35-24-15-22(16-26(38)33(24)32)20-12-14-28(41-4)30(17-20)42-5/h7-14,17-18,22,32,35,37H,6,15-16H2,1-5H3,(H,36,39)/t22-,32+/m1/s1. The minimum atomic E-state index is -0.690. The molecule has 3 N–H and O–H groups in total. The molecule has 9 heteroatoms. The number of phenols is 1. The van der Waals surface area contributed by atoms with E-state index in [9.17, 15) is 14.7 Å². The van der Waals surface area contributed by atoms with Gasteiger partial charge in [0.15, 0.2) is 28.8 Å². The van der Waals surface area contributed by atoms with Crippen molar-refractivity contribution in [1.29, 1.82) is 0 Å². The number of ketones is 1. The summed E-state index contributed by atoms with van der Waals surface area (Å²) >= 11 is 0. The van der Waals surface area contributed by atoms with Gasteiger partial charge in [0.1, 0.15) is 5.75 Å². The molecular weight excluding hydrogens is 548 g/mol. The van der Waals surface area contributed by atoms with E-state index in [4.69, 9.17) is 18.9 Å². The quantitative estimate of drug-likeness (QED) is 0.288. The second-order valence-electron chi connectivity index (χ2n) is 10.4. The Morgan fingerprint density at radius 3 is 2.33 bits per heavy atom. The Hall–Kier alpha value is -4.92. The second-order valence-corrected chi connectivity index (χ2v) is 10.4. The minimum Gasteiger partial charge on any atom is -0.504 e. The third-order valence-electron chi connectivity index (χ3n) is 7.92. The predicted octanol–water partition coefficient (Wildman–Crippen LogP) is 5.82. The molecule has 1 heterocycles. The van der Waals surface area contributed by atoms with Gasteiger partial charge >= 0.3 is 0 Å². The fourth-order valence-electron chi connectivity index (χ4n) is 5.93. The number of amides is 1. The number of dihydropyridines is 1. The molecule has 0 aromatic heterocycles. The van der Waals surface area contributed by atoms with Crippen LogP contribution in [0.1, 0.15) is 49.7 Å². The topological polar surface area (TPSA) is 115 Å². The van der Waals surface area contributed by atoms with Crippen molar-refractivity contribution in [1.82, 2.24) is 5.32 Å². The molecule has 3 aromatic rings. The first-order valence-corrected chi connectivity index (χ1v) is 14.2. The van der Waals surface area contributed by atoms with E-state index in [2.05, 4.69) is 10.6 Å². The summed E-state index contributed by atoms with van der Waals surface area (Å²) in [5, 5.41) is 16.8. The smallest absolute Gasteiger partial charge is 0.254 e. The number of carbonyl (C=O) groups excluding carboxylic acids is 2. The number of ether oxygens (including phenoxy) is 4. The maximum Gasteiger partial charge on any atom is 0.254 e. The van der Waals surface area contributed by atoms with Crippen LogP contribution in [0.5, 0.6) is 28.7 Å². The van der Waals surface area contributed by atoms with Crippen LogP contribution >= 0.6 is 0 Å². The van der Waals surface area contributed by atoms with E-state index in [0.717, 1.165) is 11.3 Å². The maximum absolute atomic E-state index is 14.1. The van der Waals surface area contributed by atoms with Crippen LogP contribution in [0, 0.1) is 0 Å². The summed E-state index contributed by atoms with van der Waals surface area (Å²) in [6.45, 7) is 4.01. The van der Waals surface area contributed by atoms with Crippen molar-refractivity contribution < 1.29 is 33.6 Å². The molecule has 43 heavy (non-hydrogen) atoms. The van der Waals surface area contributed by atoms with Crippen molar-refractivity contribution in [3.8, 4) is 28.7 Å². The van der Waals surface area contributed by atoms with Crippen molar-refractivity contribution in [2.75, 3.05) is 33.3 Å². The highest BCUT2D eigenvalue weighted by atomic mass is 16.5. The molecule has 0 saturated heterocycles. The monoisotopic (exact) mass is 584 g/mol. The van der Waals surface area contributed by atoms with Gasteiger partial charge in [-0.3, -0.25) is 9.59 Å². The molecule has 9 nitrogen and oxygen atoms in total. The van der Waals surface area contributed by atoms with Crippen LogP contribution in [-0.4, -0.2) is 44.7 Å². The van der Waals surface area contributed by atoms with Crippen LogP contribution in [0.3, 0.4) is 0 Å². The Morgan fingerprint density at radius 2 is 1.60 bits per heavy atom. The summed E-state index contributed by atoms with van der Waals surface area (Å²) < 4.78 is 22.0. The molecule has 2 atom stereocenters. The van der Waals surface area contributed by atoms with Gasteiger partial charge in [0.25, 0.3) is 5.91 Å². The first kappa shape index (κ1) is 29.6. The Bertz CT molecular complexity index is 1620. The number of carbonyl (C=O) groups is 2. The molecule has 3 aromatic carbocycles. The third-order valence-corrected chi connectivity index (χ3v) is 7.92. The normalized spacial score (nSPS) is 18.0. The number of benzene rings is 3. The Morgan fingerprint density at radius 1 is 0.907 bits per heavy atom. The number of anilines is 1. The summed E-state index contributed by atoms with van der Waals surface area (Å²) in [4.78, 5) is 28.1. The van der Waals surface area contributed by atoms with E-state index in [0.29, 0.717) is 58.4 Å². The Balaban J connectivity index is 1.58. The number of allylic oxidation sites excluding steroid dienone is 3. The lowest BCUT2D eigenvalue weighted by molar-refractivity contribution is -0.116. The Kier molecular flexibility index (Phi) is 8.61. The van der Waals surface area contributed by atoms with Crippen molar-refractivity contribution in [3.05, 3.63) is 94.3 Å².